The number of sulfonamides is 1. The van der Waals surface area contributed by atoms with Crippen LogP contribution in [-0.2, 0) is 16.6 Å². The third-order valence-electron chi connectivity index (χ3n) is 2.62. The predicted octanol–water partition coefficient (Wildman–Crippen LogP) is 2.74. The van der Waals surface area contributed by atoms with E-state index < -0.39 is 15.8 Å². The standard InChI is InChI=1S/C13H12ClFN2O2S/c14-13-5-4-12(6-9(13)8-16)20(18,19)17-11-3-1-2-10(15)7-11/h1-7,17H,8,16H2. The number of nitrogens with one attached hydrogen (secondary N) is 1. The van der Waals surface area contributed by atoms with Crippen LogP contribution in [0, 0.1) is 5.82 Å². The Morgan fingerprint density at radius 3 is 2.60 bits per heavy atom. The largest absolute Gasteiger partial charge is 0.326 e. The molecule has 0 fully saturated rings. The lowest BCUT2D eigenvalue weighted by Gasteiger charge is -2.10. The van der Waals surface area contributed by atoms with Crippen molar-refractivity contribution >= 4 is 27.3 Å². The molecule has 0 aliphatic carbocycles. The molecule has 7 heteroatoms. The van der Waals surface area contributed by atoms with Gasteiger partial charge >= 0.3 is 0 Å². The Bertz CT molecular complexity index is 735. The van der Waals surface area contributed by atoms with Crippen molar-refractivity contribution < 1.29 is 12.8 Å². The van der Waals surface area contributed by atoms with E-state index in [1.807, 2.05) is 0 Å². The average Bonchev–Trinajstić information content (AvgIpc) is 2.38. The quantitative estimate of drug-likeness (QED) is 0.911. The molecule has 0 amide bonds. The van der Waals surface area contributed by atoms with Crippen LogP contribution in [0.15, 0.2) is 47.4 Å². The summed E-state index contributed by atoms with van der Waals surface area (Å²) in [6.45, 7) is 0.127. The van der Waals surface area contributed by atoms with Gasteiger partial charge in [-0.05, 0) is 42.0 Å². The first-order valence-corrected chi connectivity index (χ1v) is 7.55. The van der Waals surface area contributed by atoms with E-state index in [-0.39, 0.29) is 17.1 Å². The lowest BCUT2D eigenvalue weighted by molar-refractivity contribution is 0.601. The molecule has 0 unspecified atom stereocenters. The summed E-state index contributed by atoms with van der Waals surface area (Å²) >= 11 is 5.88. The van der Waals surface area contributed by atoms with Gasteiger partial charge in [0.1, 0.15) is 5.82 Å². The molecule has 0 aromatic heterocycles. The van der Waals surface area contributed by atoms with Gasteiger partial charge < -0.3 is 5.73 Å². The highest BCUT2D eigenvalue weighted by molar-refractivity contribution is 7.92. The summed E-state index contributed by atoms with van der Waals surface area (Å²) in [5.41, 5.74) is 6.16. The minimum absolute atomic E-state index is 0.0200. The summed E-state index contributed by atoms with van der Waals surface area (Å²) in [4.78, 5) is 0.0200. The highest BCUT2D eigenvalue weighted by Crippen LogP contribution is 2.22. The Kier molecular flexibility index (Phi) is 4.27. The number of benzene rings is 2. The second-order valence-electron chi connectivity index (χ2n) is 4.07. The van der Waals surface area contributed by atoms with E-state index in [0.717, 1.165) is 6.07 Å². The van der Waals surface area contributed by atoms with Crippen LogP contribution in [0.25, 0.3) is 0 Å². The van der Waals surface area contributed by atoms with E-state index >= 15 is 0 Å². The van der Waals surface area contributed by atoms with Gasteiger partial charge in [0.15, 0.2) is 0 Å². The normalized spacial score (nSPS) is 11.3. The highest BCUT2D eigenvalue weighted by Gasteiger charge is 2.16. The molecule has 0 saturated carbocycles. The number of hydrogen-bond donors (Lipinski definition) is 2. The predicted molar refractivity (Wildman–Crippen MR) is 76.6 cm³/mol. The summed E-state index contributed by atoms with van der Waals surface area (Å²) < 4.78 is 39.7. The first-order valence-electron chi connectivity index (χ1n) is 5.69. The van der Waals surface area contributed by atoms with Crippen LogP contribution in [0.1, 0.15) is 5.56 Å². The van der Waals surface area contributed by atoms with Gasteiger partial charge in [-0.1, -0.05) is 17.7 Å². The molecule has 20 heavy (non-hydrogen) atoms. The van der Waals surface area contributed by atoms with Crippen LogP contribution in [-0.4, -0.2) is 8.42 Å². The van der Waals surface area contributed by atoms with Crippen LogP contribution in [0.2, 0.25) is 5.02 Å². The Labute approximate surface area is 121 Å². The first kappa shape index (κ1) is 14.8. The fourth-order valence-electron chi connectivity index (χ4n) is 1.64. The molecule has 0 saturated heterocycles. The fraction of sp³-hybridized carbons (Fsp3) is 0.0769. The molecule has 0 aliphatic rings. The lowest BCUT2D eigenvalue weighted by Crippen LogP contribution is -2.13. The van der Waals surface area contributed by atoms with Crippen LogP contribution in [0.3, 0.4) is 0 Å². The molecule has 3 N–H and O–H groups in total. The first-order chi connectivity index (χ1) is 9.42. The zero-order valence-electron chi connectivity index (χ0n) is 10.3. The fourth-order valence-corrected chi connectivity index (χ4v) is 2.94. The molecule has 0 radical (unpaired) electrons. The van der Waals surface area contributed by atoms with Crippen molar-refractivity contribution in [1.82, 2.24) is 0 Å². The maximum absolute atomic E-state index is 13.0. The van der Waals surface area contributed by atoms with Crippen molar-refractivity contribution in [3.8, 4) is 0 Å². The molecule has 106 valence electrons. The van der Waals surface area contributed by atoms with Gasteiger partial charge in [0.05, 0.1) is 10.6 Å². The topological polar surface area (TPSA) is 72.2 Å². The molecule has 0 aliphatic heterocycles. The SMILES string of the molecule is NCc1cc(S(=O)(=O)Nc2cccc(F)c2)ccc1Cl. The van der Waals surface area contributed by atoms with E-state index in [1.165, 1.54) is 36.4 Å². The van der Waals surface area contributed by atoms with Crippen LogP contribution in [0.4, 0.5) is 10.1 Å². The molecule has 2 aromatic rings. The zero-order chi connectivity index (χ0) is 14.8. The second-order valence-corrected chi connectivity index (χ2v) is 6.16. The molecule has 0 bridgehead atoms. The third kappa shape index (κ3) is 3.27. The Morgan fingerprint density at radius 2 is 1.95 bits per heavy atom. The number of hydrogen-bond acceptors (Lipinski definition) is 3. The number of nitrogens with two attached hydrogens (primary N) is 1. The van der Waals surface area contributed by atoms with Gasteiger partial charge in [-0.25, -0.2) is 12.8 Å². The molecule has 2 aromatic carbocycles. The molecule has 4 nitrogen and oxygen atoms in total. The van der Waals surface area contributed by atoms with Crippen molar-refractivity contribution in [2.24, 2.45) is 5.73 Å². The number of anilines is 1. The average molecular weight is 315 g/mol. The Balaban J connectivity index is 2.35. The molecule has 0 spiro atoms. The van der Waals surface area contributed by atoms with Gasteiger partial charge in [0, 0.05) is 11.6 Å². The van der Waals surface area contributed by atoms with E-state index in [2.05, 4.69) is 4.72 Å². The maximum atomic E-state index is 13.0. The van der Waals surface area contributed by atoms with Crippen molar-refractivity contribution in [2.75, 3.05) is 4.72 Å². The second kappa shape index (κ2) is 5.78. The van der Waals surface area contributed by atoms with E-state index in [9.17, 15) is 12.8 Å². The molecular weight excluding hydrogens is 303 g/mol. The van der Waals surface area contributed by atoms with Gasteiger partial charge in [-0.2, -0.15) is 0 Å². The summed E-state index contributed by atoms with van der Waals surface area (Å²) in [5.74, 6) is -0.524. The van der Waals surface area contributed by atoms with Gasteiger partial charge in [0.25, 0.3) is 10.0 Å². The molecule has 0 heterocycles. The van der Waals surface area contributed by atoms with Crippen molar-refractivity contribution in [3.63, 3.8) is 0 Å². The van der Waals surface area contributed by atoms with Crippen molar-refractivity contribution in [2.45, 2.75) is 11.4 Å². The van der Waals surface area contributed by atoms with Crippen LogP contribution < -0.4 is 10.5 Å². The highest BCUT2D eigenvalue weighted by atomic mass is 35.5. The van der Waals surface area contributed by atoms with Gasteiger partial charge in [-0.3, -0.25) is 4.72 Å². The monoisotopic (exact) mass is 314 g/mol. The number of rotatable bonds is 4. The minimum Gasteiger partial charge on any atom is -0.326 e. The lowest BCUT2D eigenvalue weighted by atomic mass is 10.2. The summed E-state index contributed by atoms with van der Waals surface area (Å²) in [6, 6.07) is 9.42. The summed E-state index contributed by atoms with van der Waals surface area (Å²) in [6.07, 6.45) is 0. The van der Waals surface area contributed by atoms with Crippen LogP contribution >= 0.6 is 11.6 Å². The van der Waals surface area contributed by atoms with Crippen molar-refractivity contribution in [3.05, 3.63) is 58.9 Å². The Morgan fingerprint density at radius 1 is 1.20 bits per heavy atom. The van der Waals surface area contributed by atoms with Gasteiger partial charge in [-0.15, -0.1) is 0 Å². The Hall–Kier alpha value is -1.63. The zero-order valence-corrected chi connectivity index (χ0v) is 11.9. The number of halogens is 2. The van der Waals surface area contributed by atoms with E-state index in [4.69, 9.17) is 17.3 Å². The summed E-state index contributed by atoms with van der Waals surface area (Å²) in [7, 11) is -3.81. The summed E-state index contributed by atoms with van der Waals surface area (Å²) in [5, 5.41) is 0.400. The van der Waals surface area contributed by atoms with Gasteiger partial charge in [0.2, 0.25) is 0 Å². The van der Waals surface area contributed by atoms with Crippen LogP contribution in [0.5, 0.6) is 0 Å². The molecule has 2 rings (SSSR count). The molecule has 0 atom stereocenters. The van der Waals surface area contributed by atoms with Crippen molar-refractivity contribution in [1.29, 1.82) is 0 Å². The van der Waals surface area contributed by atoms with E-state index in [0.29, 0.717) is 10.6 Å². The third-order valence-corrected chi connectivity index (χ3v) is 4.37. The smallest absolute Gasteiger partial charge is 0.261 e. The van der Waals surface area contributed by atoms with E-state index in [1.54, 1.807) is 0 Å². The maximum Gasteiger partial charge on any atom is 0.261 e. The molecular formula is C13H12ClFN2O2S. The minimum atomic E-state index is -3.81.